The molecule has 1 N–H and O–H groups in total. The van der Waals surface area contributed by atoms with E-state index in [9.17, 15) is 5.11 Å². The van der Waals surface area contributed by atoms with Gasteiger partial charge in [-0.15, -0.1) is 0 Å². The summed E-state index contributed by atoms with van der Waals surface area (Å²) in [5.41, 5.74) is 3.05. The summed E-state index contributed by atoms with van der Waals surface area (Å²) in [5.74, 6) is 0.0803. The van der Waals surface area contributed by atoms with Crippen LogP contribution in [0.15, 0.2) is 29.3 Å². The normalized spacial score (nSPS) is 18.9. The van der Waals surface area contributed by atoms with Crippen LogP contribution >= 0.6 is 11.3 Å². The van der Waals surface area contributed by atoms with E-state index < -0.39 is 0 Å². The third kappa shape index (κ3) is 2.40. The Hall–Kier alpha value is -2.18. The Kier molecular flexibility index (Phi) is 3.40. The fraction of sp³-hybridized carbons (Fsp3) is 0.250. The molecule has 2 aliphatic heterocycles. The Morgan fingerprint density at radius 2 is 2.05 bits per heavy atom. The molecule has 1 aromatic heterocycles. The van der Waals surface area contributed by atoms with Crippen molar-refractivity contribution in [2.24, 2.45) is 4.99 Å². The first kappa shape index (κ1) is 13.5. The van der Waals surface area contributed by atoms with E-state index in [0.29, 0.717) is 13.2 Å². The number of fused-ring (bicyclic) bond motifs is 1. The van der Waals surface area contributed by atoms with Crippen LogP contribution in [0.4, 0.5) is 10.8 Å². The minimum atomic E-state index is 0.0803. The Morgan fingerprint density at radius 3 is 2.91 bits per heavy atom. The van der Waals surface area contributed by atoms with Gasteiger partial charge >= 0.3 is 0 Å². The van der Waals surface area contributed by atoms with Gasteiger partial charge in [0.1, 0.15) is 0 Å². The highest BCUT2D eigenvalue weighted by Gasteiger charge is 2.19. The zero-order valence-corrected chi connectivity index (χ0v) is 12.7. The molecule has 0 aliphatic carbocycles. The van der Waals surface area contributed by atoms with E-state index in [1.54, 1.807) is 0 Å². The van der Waals surface area contributed by atoms with Crippen molar-refractivity contribution >= 4 is 40.0 Å². The fourth-order valence-electron chi connectivity index (χ4n) is 2.59. The SMILES string of the molecule is Oc1nc(N2CCOCC2)sc1C=C1C=Nc2ccccc21. The van der Waals surface area contributed by atoms with Gasteiger partial charge in [0.2, 0.25) is 5.88 Å². The summed E-state index contributed by atoms with van der Waals surface area (Å²) < 4.78 is 5.35. The minimum absolute atomic E-state index is 0.0803. The first-order valence-corrected chi connectivity index (χ1v) is 8.00. The second-order valence-electron chi connectivity index (χ2n) is 5.16. The molecular formula is C16H15N3O2S. The molecule has 6 heteroatoms. The molecule has 0 atom stereocenters. The van der Waals surface area contributed by atoms with E-state index in [0.717, 1.165) is 39.9 Å². The summed E-state index contributed by atoms with van der Waals surface area (Å²) in [6, 6.07) is 7.99. The topological polar surface area (TPSA) is 58.0 Å². The second-order valence-corrected chi connectivity index (χ2v) is 6.17. The van der Waals surface area contributed by atoms with Crippen LogP contribution in [0, 0.1) is 0 Å². The van der Waals surface area contributed by atoms with Gasteiger partial charge < -0.3 is 14.7 Å². The zero-order valence-electron chi connectivity index (χ0n) is 11.9. The van der Waals surface area contributed by atoms with E-state index in [2.05, 4.69) is 14.9 Å². The number of aromatic nitrogens is 1. The maximum absolute atomic E-state index is 10.1. The number of benzene rings is 1. The monoisotopic (exact) mass is 313 g/mol. The molecular weight excluding hydrogens is 298 g/mol. The number of anilines is 1. The first-order valence-electron chi connectivity index (χ1n) is 7.19. The largest absolute Gasteiger partial charge is 0.492 e. The van der Waals surface area contributed by atoms with Crippen molar-refractivity contribution in [3.8, 4) is 5.88 Å². The highest BCUT2D eigenvalue weighted by molar-refractivity contribution is 7.16. The molecule has 1 fully saturated rings. The molecule has 0 unspecified atom stereocenters. The molecule has 0 bridgehead atoms. The lowest BCUT2D eigenvalue weighted by Gasteiger charge is -2.25. The summed E-state index contributed by atoms with van der Waals surface area (Å²) in [6.45, 7) is 3.04. The lowest BCUT2D eigenvalue weighted by molar-refractivity contribution is 0.122. The summed E-state index contributed by atoms with van der Waals surface area (Å²) >= 11 is 1.50. The zero-order chi connectivity index (χ0) is 14.9. The van der Waals surface area contributed by atoms with Crippen molar-refractivity contribution in [1.29, 1.82) is 0 Å². The van der Waals surface area contributed by atoms with Crippen molar-refractivity contribution < 1.29 is 9.84 Å². The van der Waals surface area contributed by atoms with E-state index in [1.165, 1.54) is 11.3 Å². The number of thiazole rings is 1. The molecule has 2 aliphatic rings. The van der Waals surface area contributed by atoms with Gasteiger partial charge in [-0.1, -0.05) is 29.5 Å². The van der Waals surface area contributed by atoms with Gasteiger partial charge in [0.25, 0.3) is 0 Å². The number of rotatable bonds is 2. The van der Waals surface area contributed by atoms with Crippen LogP contribution < -0.4 is 4.90 Å². The van der Waals surface area contributed by atoms with Gasteiger partial charge in [0.05, 0.1) is 23.8 Å². The van der Waals surface area contributed by atoms with Crippen LogP contribution in [0.2, 0.25) is 0 Å². The second kappa shape index (κ2) is 5.55. The third-order valence-electron chi connectivity index (χ3n) is 3.75. The third-order valence-corrected chi connectivity index (χ3v) is 4.80. The maximum atomic E-state index is 10.1. The highest BCUT2D eigenvalue weighted by atomic mass is 32.1. The fourth-order valence-corrected chi connectivity index (χ4v) is 3.55. The lowest BCUT2D eigenvalue weighted by Crippen LogP contribution is -2.36. The number of morpholine rings is 1. The molecule has 2 aromatic rings. The number of aliphatic imine (C=N–C) groups is 1. The molecule has 0 radical (unpaired) electrons. The predicted molar refractivity (Wildman–Crippen MR) is 89.3 cm³/mol. The molecule has 1 aromatic carbocycles. The molecule has 3 heterocycles. The summed E-state index contributed by atoms with van der Waals surface area (Å²) in [4.78, 5) is 11.6. The smallest absolute Gasteiger partial charge is 0.231 e. The average Bonchev–Trinajstić information content (AvgIpc) is 3.13. The minimum Gasteiger partial charge on any atom is -0.492 e. The van der Waals surface area contributed by atoms with Gasteiger partial charge in [-0.3, -0.25) is 4.99 Å². The standard InChI is InChI=1S/C16H15N3O2S/c20-15-14(22-16(18-15)19-5-7-21-8-6-19)9-11-10-17-13-4-2-1-3-12(11)13/h1-4,9-10,20H,5-8H2. The van der Waals surface area contributed by atoms with Gasteiger partial charge in [-0.05, 0) is 12.1 Å². The molecule has 4 rings (SSSR count). The van der Waals surface area contributed by atoms with Crippen molar-refractivity contribution in [2.45, 2.75) is 0 Å². The quantitative estimate of drug-likeness (QED) is 0.926. The van der Waals surface area contributed by atoms with Crippen LogP contribution in [0.3, 0.4) is 0 Å². The number of ether oxygens (including phenoxy) is 1. The van der Waals surface area contributed by atoms with Gasteiger partial charge in [-0.25, -0.2) is 0 Å². The Morgan fingerprint density at radius 1 is 1.23 bits per heavy atom. The van der Waals surface area contributed by atoms with Gasteiger partial charge in [-0.2, -0.15) is 4.98 Å². The van der Waals surface area contributed by atoms with Crippen LogP contribution in [-0.4, -0.2) is 42.6 Å². The number of hydrogen-bond acceptors (Lipinski definition) is 6. The van der Waals surface area contributed by atoms with Crippen molar-refractivity contribution in [3.63, 3.8) is 0 Å². The number of para-hydroxylation sites is 1. The number of nitrogens with zero attached hydrogens (tertiary/aromatic N) is 3. The summed E-state index contributed by atoms with van der Waals surface area (Å²) in [5, 5.41) is 11.0. The molecule has 112 valence electrons. The Bertz CT molecular complexity index is 761. The molecule has 1 saturated heterocycles. The number of aromatic hydroxyl groups is 1. The van der Waals surface area contributed by atoms with Crippen LogP contribution in [0.25, 0.3) is 11.6 Å². The van der Waals surface area contributed by atoms with E-state index in [1.807, 2.05) is 36.6 Å². The molecule has 5 nitrogen and oxygen atoms in total. The van der Waals surface area contributed by atoms with Crippen molar-refractivity contribution in [3.05, 3.63) is 34.7 Å². The number of allylic oxidation sites excluding steroid dienone is 1. The summed E-state index contributed by atoms with van der Waals surface area (Å²) in [7, 11) is 0. The Balaban J connectivity index is 1.65. The lowest BCUT2D eigenvalue weighted by atomic mass is 10.1. The van der Waals surface area contributed by atoms with Gasteiger partial charge in [0.15, 0.2) is 5.13 Å². The molecule has 22 heavy (non-hydrogen) atoms. The average molecular weight is 313 g/mol. The van der Waals surface area contributed by atoms with E-state index in [4.69, 9.17) is 4.74 Å². The highest BCUT2D eigenvalue weighted by Crippen LogP contribution is 2.37. The summed E-state index contributed by atoms with van der Waals surface area (Å²) in [6.07, 6.45) is 3.78. The van der Waals surface area contributed by atoms with Gasteiger partial charge in [0, 0.05) is 30.4 Å². The van der Waals surface area contributed by atoms with Crippen molar-refractivity contribution in [2.75, 3.05) is 31.2 Å². The van der Waals surface area contributed by atoms with Crippen LogP contribution in [0.5, 0.6) is 5.88 Å². The predicted octanol–water partition coefficient (Wildman–Crippen LogP) is 2.94. The number of hydrogen-bond donors (Lipinski definition) is 1. The van der Waals surface area contributed by atoms with Crippen LogP contribution in [0.1, 0.15) is 10.4 Å². The van der Waals surface area contributed by atoms with Crippen molar-refractivity contribution in [1.82, 2.24) is 4.98 Å². The Labute approximate surface area is 132 Å². The maximum Gasteiger partial charge on any atom is 0.231 e. The molecule has 0 amide bonds. The van der Waals surface area contributed by atoms with E-state index >= 15 is 0 Å². The molecule has 0 saturated carbocycles. The van der Waals surface area contributed by atoms with Crippen LogP contribution in [-0.2, 0) is 4.74 Å². The van der Waals surface area contributed by atoms with E-state index in [-0.39, 0.29) is 5.88 Å². The molecule has 0 spiro atoms. The first-order chi connectivity index (χ1) is 10.8.